The van der Waals surface area contributed by atoms with Crippen molar-refractivity contribution in [1.82, 2.24) is 5.43 Å². The molecule has 0 bridgehead atoms. The van der Waals surface area contributed by atoms with Crippen LogP contribution in [-0.2, 0) is 6.42 Å². The lowest BCUT2D eigenvalue weighted by Gasteiger charge is -2.15. The smallest absolute Gasteiger partial charge is 0.177 e. The predicted molar refractivity (Wildman–Crippen MR) is 90.2 cm³/mol. The first-order chi connectivity index (χ1) is 10.3. The zero-order valence-electron chi connectivity index (χ0n) is 11.8. The van der Waals surface area contributed by atoms with Crippen LogP contribution in [-0.4, -0.2) is 23.7 Å². The van der Waals surface area contributed by atoms with E-state index in [4.69, 9.17) is 0 Å². The van der Waals surface area contributed by atoms with E-state index in [1.54, 1.807) is 18.8 Å². The summed E-state index contributed by atoms with van der Waals surface area (Å²) in [6, 6.07) is 15.3. The van der Waals surface area contributed by atoms with Crippen molar-refractivity contribution in [2.75, 3.05) is 12.8 Å². The molecule has 0 amide bonds. The van der Waals surface area contributed by atoms with Crippen LogP contribution >= 0.6 is 11.8 Å². The fraction of sp³-hybridized carbons (Fsp3) is 0.176. The molecule has 0 atom stereocenters. The maximum Gasteiger partial charge on any atom is 0.177 e. The standard InChI is InChI=1S/C17H15N3S/c1-18-17-20-19-16(10-21-17)13-7-6-12-8-11-4-2-3-5-14(11)15(12)9-13/h2-7,9H,8,10H2,1H3,(H,18,20). The zero-order valence-corrected chi connectivity index (χ0v) is 12.6. The highest BCUT2D eigenvalue weighted by Crippen LogP contribution is 2.37. The van der Waals surface area contributed by atoms with E-state index in [1.807, 2.05) is 0 Å². The summed E-state index contributed by atoms with van der Waals surface area (Å²) in [5.41, 5.74) is 10.8. The average Bonchev–Trinajstić information content (AvgIpc) is 2.93. The van der Waals surface area contributed by atoms with Crippen LogP contribution in [0.3, 0.4) is 0 Å². The molecule has 21 heavy (non-hydrogen) atoms. The van der Waals surface area contributed by atoms with Crippen LogP contribution in [0.25, 0.3) is 11.1 Å². The van der Waals surface area contributed by atoms with Crippen LogP contribution in [0.15, 0.2) is 52.6 Å². The van der Waals surface area contributed by atoms with Gasteiger partial charge in [-0.05, 0) is 40.3 Å². The van der Waals surface area contributed by atoms with Gasteiger partial charge < -0.3 is 0 Å². The normalized spacial score (nSPS) is 18.0. The Balaban J connectivity index is 1.74. The Morgan fingerprint density at radius 1 is 1.10 bits per heavy atom. The van der Waals surface area contributed by atoms with E-state index in [2.05, 4.69) is 58.0 Å². The van der Waals surface area contributed by atoms with Gasteiger partial charge in [-0.25, -0.2) is 0 Å². The average molecular weight is 293 g/mol. The first-order valence-electron chi connectivity index (χ1n) is 6.99. The van der Waals surface area contributed by atoms with Gasteiger partial charge in [0.2, 0.25) is 0 Å². The van der Waals surface area contributed by atoms with Crippen LogP contribution < -0.4 is 5.43 Å². The van der Waals surface area contributed by atoms with Crippen LogP contribution in [0.1, 0.15) is 16.7 Å². The fourth-order valence-electron chi connectivity index (χ4n) is 2.88. The molecule has 4 rings (SSSR count). The Hall–Kier alpha value is -2.07. The Morgan fingerprint density at radius 3 is 2.76 bits per heavy atom. The Kier molecular flexibility index (Phi) is 3.04. The molecule has 2 aliphatic rings. The van der Waals surface area contributed by atoms with Crippen molar-refractivity contribution in [3.63, 3.8) is 0 Å². The van der Waals surface area contributed by atoms with Crippen LogP contribution in [0, 0.1) is 0 Å². The van der Waals surface area contributed by atoms with Gasteiger partial charge in [0.1, 0.15) is 0 Å². The van der Waals surface area contributed by atoms with Gasteiger partial charge in [0.25, 0.3) is 0 Å². The molecule has 4 heteroatoms. The summed E-state index contributed by atoms with van der Waals surface area (Å²) in [6.07, 6.45) is 1.04. The van der Waals surface area contributed by atoms with Crippen molar-refractivity contribution in [2.45, 2.75) is 6.42 Å². The van der Waals surface area contributed by atoms with Gasteiger partial charge in [-0.2, -0.15) is 5.10 Å². The molecule has 1 N–H and O–H groups in total. The van der Waals surface area contributed by atoms with Crippen molar-refractivity contribution >= 4 is 22.6 Å². The summed E-state index contributed by atoms with van der Waals surface area (Å²) in [4.78, 5) is 4.12. The molecule has 104 valence electrons. The number of hydrogen-bond acceptors (Lipinski definition) is 3. The van der Waals surface area contributed by atoms with Gasteiger partial charge in [0.15, 0.2) is 5.17 Å². The molecule has 0 fully saturated rings. The molecule has 1 heterocycles. The third-order valence-electron chi connectivity index (χ3n) is 3.97. The van der Waals surface area contributed by atoms with Gasteiger partial charge >= 0.3 is 0 Å². The van der Waals surface area contributed by atoms with E-state index in [0.717, 1.165) is 23.1 Å². The maximum atomic E-state index is 4.45. The van der Waals surface area contributed by atoms with Crippen molar-refractivity contribution in [3.8, 4) is 11.1 Å². The fourth-order valence-corrected chi connectivity index (χ4v) is 3.63. The van der Waals surface area contributed by atoms with E-state index in [0.29, 0.717) is 0 Å². The number of nitrogens with one attached hydrogen (secondary N) is 1. The minimum absolute atomic E-state index is 0.861. The summed E-state index contributed by atoms with van der Waals surface area (Å²) < 4.78 is 0. The van der Waals surface area contributed by atoms with Crippen LogP contribution in [0.5, 0.6) is 0 Å². The third-order valence-corrected chi connectivity index (χ3v) is 4.93. The highest BCUT2D eigenvalue weighted by molar-refractivity contribution is 8.14. The SMILES string of the molecule is CN=C1NN=C(c2ccc3c(c2)-c2ccccc2C3)CS1. The monoisotopic (exact) mass is 293 g/mol. The van der Waals surface area contributed by atoms with E-state index >= 15 is 0 Å². The Morgan fingerprint density at radius 2 is 1.95 bits per heavy atom. The molecule has 3 nitrogen and oxygen atoms in total. The molecule has 0 spiro atoms. The summed E-state index contributed by atoms with van der Waals surface area (Å²) >= 11 is 1.69. The molecule has 0 radical (unpaired) electrons. The number of fused-ring (bicyclic) bond motifs is 3. The number of rotatable bonds is 1. The number of thioether (sulfide) groups is 1. The van der Waals surface area contributed by atoms with Crippen molar-refractivity contribution in [2.24, 2.45) is 10.1 Å². The van der Waals surface area contributed by atoms with Crippen LogP contribution in [0.2, 0.25) is 0 Å². The lowest BCUT2D eigenvalue weighted by Crippen LogP contribution is -2.25. The van der Waals surface area contributed by atoms with Gasteiger partial charge in [-0.3, -0.25) is 10.4 Å². The minimum atomic E-state index is 0.861. The number of nitrogens with zero attached hydrogens (tertiary/aromatic N) is 2. The van der Waals surface area contributed by atoms with E-state index in [1.165, 1.54) is 27.8 Å². The largest absolute Gasteiger partial charge is 0.265 e. The zero-order chi connectivity index (χ0) is 14.2. The second-order valence-electron chi connectivity index (χ2n) is 5.19. The van der Waals surface area contributed by atoms with Crippen molar-refractivity contribution < 1.29 is 0 Å². The molecule has 2 aromatic carbocycles. The summed E-state index contributed by atoms with van der Waals surface area (Å²) in [5, 5.41) is 5.33. The second kappa shape index (κ2) is 5.04. The molecule has 0 unspecified atom stereocenters. The molecule has 1 aliphatic carbocycles. The summed E-state index contributed by atoms with van der Waals surface area (Å²) in [7, 11) is 1.78. The first-order valence-corrected chi connectivity index (χ1v) is 7.97. The second-order valence-corrected chi connectivity index (χ2v) is 6.16. The predicted octanol–water partition coefficient (Wildman–Crippen LogP) is 3.28. The Bertz CT molecular complexity index is 777. The molecule has 2 aromatic rings. The molecule has 0 saturated heterocycles. The maximum absolute atomic E-state index is 4.45. The van der Waals surface area contributed by atoms with Crippen molar-refractivity contribution in [3.05, 3.63) is 59.2 Å². The highest BCUT2D eigenvalue weighted by Gasteiger charge is 2.20. The lowest BCUT2D eigenvalue weighted by molar-refractivity contribution is 1.03. The number of aliphatic imine (C=N–C) groups is 1. The number of benzene rings is 2. The highest BCUT2D eigenvalue weighted by atomic mass is 32.2. The van der Waals surface area contributed by atoms with Crippen LogP contribution in [0.4, 0.5) is 0 Å². The summed E-state index contributed by atoms with van der Waals surface area (Å²) in [5.74, 6) is 0.861. The minimum Gasteiger partial charge on any atom is -0.265 e. The first kappa shape index (κ1) is 12.7. The Labute approximate surface area is 128 Å². The lowest BCUT2D eigenvalue weighted by atomic mass is 10.0. The number of hydrazone groups is 1. The van der Waals surface area contributed by atoms with E-state index in [-0.39, 0.29) is 0 Å². The topological polar surface area (TPSA) is 36.8 Å². The van der Waals surface area contributed by atoms with Gasteiger partial charge in [0, 0.05) is 12.8 Å². The van der Waals surface area contributed by atoms with Crippen molar-refractivity contribution in [1.29, 1.82) is 0 Å². The van der Waals surface area contributed by atoms with E-state index in [9.17, 15) is 0 Å². The third kappa shape index (κ3) is 2.16. The van der Waals surface area contributed by atoms with Gasteiger partial charge in [0.05, 0.1) is 5.71 Å². The molecule has 0 saturated carbocycles. The molecular weight excluding hydrogens is 278 g/mol. The van der Waals surface area contributed by atoms with Gasteiger partial charge in [-0.15, -0.1) is 0 Å². The summed E-state index contributed by atoms with van der Waals surface area (Å²) in [6.45, 7) is 0. The molecular formula is C17H15N3S. The number of amidine groups is 1. The molecule has 1 aliphatic heterocycles. The molecule has 0 aromatic heterocycles. The van der Waals surface area contributed by atoms with E-state index < -0.39 is 0 Å². The number of hydrogen-bond donors (Lipinski definition) is 1. The van der Waals surface area contributed by atoms with Gasteiger partial charge in [-0.1, -0.05) is 48.2 Å². The quantitative estimate of drug-likeness (QED) is 0.747.